The maximum absolute atomic E-state index is 13.3. The molecule has 0 unspecified atom stereocenters. The van der Waals surface area contributed by atoms with Gasteiger partial charge in [0.05, 0.1) is 11.6 Å². The van der Waals surface area contributed by atoms with Gasteiger partial charge in [0.2, 0.25) is 10.0 Å². The van der Waals surface area contributed by atoms with Crippen LogP contribution in [0.4, 0.5) is 10.1 Å². The Labute approximate surface area is 189 Å². The molecule has 2 aromatic rings. The van der Waals surface area contributed by atoms with Crippen LogP contribution in [-0.4, -0.2) is 44.6 Å². The summed E-state index contributed by atoms with van der Waals surface area (Å²) in [7, 11) is -2.31. The Balaban J connectivity index is 0.00000240. The summed E-state index contributed by atoms with van der Waals surface area (Å²) in [5.74, 6) is -1.26. The smallest absolute Gasteiger partial charge is 0.276 e. The molecular formula is C17H19ClFIN4O4S. The Hall–Kier alpha value is -1.41. The molecule has 0 spiro atoms. The van der Waals surface area contributed by atoms with E-state index in [0.29, 0.717) is 13.1 Å². The zero-order valence-electron chi connectivity index (χ0n) is 15.2. The number of nitrogens with one attached hydrogen (secondary N) is 3. The maximum atomic E-state index is 13.3. The molecule has 0 radical (unpaired) electrons. The largest absolute Gasteiger partial charge is 0.489 e. The number of halogens is 3. The van der Waals surface area contributed by atoms with Crippen LogP contribution in [-0.2, 0) is 17.1 Å². The fraction of sp³-hybridized carbons (Fsp3) is 0.353. The van der Waals surface area contributed by atoms with Crippen LogP contribution < -0.4 is 20.1 Å². The van der Waals surface area contributed by atoms with Gasteiger partial charge in [-0.15, -0.1) is 24.0 Å². The molecule has 2 aliphatic rings. The number of fused-ring (bicyclic) bond motifs is 2. The van der Waals surface area contributed by atoms with Gasteiger partial charge in [0.1, 0.15) is 10.7 Å². The topological polar surface area (TPSA) is 101 Å². The molecule has 0 bridgehead atoms. The standard InChI is InChI=1S/C17H18ClFN4O4S.HI/c1-23-7-14-16(27-8-9-5-20-6-13(9)22-28(14,25)26)15(23)17(24)21-10-2-3-12(19)11(18)4-10;/h2-4,7,9,13,20,22H,5-6,8H2,1H3,(H,21,24);1H/t9-,13-;/m0./s1. The third kappa shape index (κ3) is 4.24. The zero-order valence-corrected chi connectivity index (χ0v) is 19.1. The van der Waals surface area contributed by atoms with E-state index >= 15 is 0 Å². The molecule has 0 saturated carbocycles. The van der Waals surface area contributed by atoms with Crippen LogP contribution in [0, 0.1) is 11.7 Å². The molecule has 12 heteroatoms. The molecule has 1 fully saturated rings. The summed E-state index contributed by atoms with van der Waals surface area (Å²) in [5.41, 5.74) is 0.323. The van der Waals surface area contributed by atoms with Crippen molar-refractivity contribution < 1.29 is 22.3 Å². The summed E-state index contributed by atoms with van der Waals surface area (Å²) in [6.45, 7) is 1.40. The quantitative estimate of drug-likeness (QED) is 0.491. The van der Waals surface area contributed by atoms with Gasteiger partial charge in [-0.2, -0.15) is 0 Å². The molecule has 29 heavy (non-hydrogen) atoms. The van der Waals surface area contributed by atoms with E-state index in [0.717, 1.165) is 6.07 Å². The van der Waals surface area contributed by atoms with Gasteiger partial charge in [0.25, 0.3) is 5.91 Å². The van der Waals surface area contributed by atoms with Crippen molar-refractivity contribution in [1.82, 2.24) is 14.6 Å². The number of amides is 1. The monoisotopic (exact) mass is 556 g/mol. The minimum atomic E-state index is -3.86. The van der Waals surface area contributed by atoms with Crippen molar-refractivity contribution in [3.8, 4) is 5.75 Å². The highest BCUT2D eigenvalue weighted by atomic mass is 127. The number of hydrogen-bond acceptors (Lipinski definition) is 5. The number of carbonyl (C=O) groups excluding carboxylic acids is 1. The molecule has 1 aromatic heterocycles. The highest BCUT2D eigenvalue weighted by Gasteiger charge is 2.38. The molecule has 3 heterocycles. The maximum Gasteiger partial charge on any atom is 0.276 e. The first-order chi connectivity index (χ1) is 13.3. The molecule has 1 aromatic carbocycles. The van der Waals surface area contributed by atoms with Gasteiger partial charge >= 0.3 is 0 Å². The second-order valence-electron chi connectivity index (χ2n) is 6.82. The number of ether oxygens (including phenoxy) is 1. The van der Waals surface area contributed by atoms with Crippen LogP contribution in [0.1, 0.15) is 10.5 Å². The first-order valence-corrected chi connectivity index (χ1v) is 10.4. The molecule has 2 atom stereocenters. The van der Waals surface area contributed by atoms with E-state index in [1.807, 2.05) is 0 Å². The van der Waals surface area contributed by atoms with Gasteiger partial charge in [0.15, 0.2) is 11.4 Å². The van der Waals surface area contributed by atoms with Gasteiger partial charge in [-0.1, -0.05) is 11.6 Å². The van der Waals surface area contributed by atoms with Gasteiger partial charge in [-0.25, -0.2) is 17.5 Å². The molecule has 8 nitrogen and oxygen atoms in total. The number of anilines is 1. The summed E-state index contributed by atoms with van der Waals surface area (Å²) in [4.78, 5) is 12.7. The highest BCUT2D eigenvalue weighted by Crippen LogP contribution is 2.34. The minimum absolute atomic E-state index is 0. The summed E-state index contributed by atoms with van der Waals surface area (Å²) in [6.07, 6.45) is 1.34. The number of aryl methyl sites for hydroxylation is 1. The van der Waals surface area contributed by atoms with E-state index in [2.05, 4.69) is 15.4 Å². The third-order valence-electron chi connectivity index (χ3n) is 4.87. The average molecular weight is 557 g/mol. The number of hydrogen-bond donors (Lipinski definition) is 3. The number of sulfonamides is 1. The SMILES string of the molecule is Cn1cc2c(c1C(=O)Nc1ccc(F)c(Cl)c1)OC[C@@H]1CNC[C@@H]1NS2(=O)=O.I. The number of benzene rings is 1. The summed E-state index contributed by atoms with van der Waals surface area (Å²) in [6, 6.07) is 3.50. The lowest BCUT2D eigenvalue weighted by Crippen LogP contribution is -2.43. The summed E-state index contributed by atoms with van der Waals surface area (Å²) >= 11 is 5.75. The molecule has 158 valence electrons. The molecular weight excluding hydrogens is 538 g/mol. The lowest BCUT2D eigenvalue weighted by Gasteiger charge is -2.24. The summed E-state index contributed by atoms with van der Waals surface area (Å²) in [5, 5.41) is 5.59. The Morgan fingerprint density at radius 2 is 2.14 bits per heavy atom. The van der Waals surface area contributed by atoms with Crippen LogP contribution >= 0.6 is 35.6 Å². The van der Waals surface area contributed by atoms with E-state index in [1.54, 1.807) is 7.05 Å². The number of aromatic nitrogens is 1. The molecule has 2 aliphatic heterocycles. The van der Waals surface area contributed by atoms with Gasteiger partial charge < -0.3 is 19.9 Å². The van der Waals surface area contributed by atoms with Gasteiger partial charge in [0, 0.05) is 44.0 Å². The van der Waals surface area contributed by atoms with Crippen LogP contribution in [0.3, 0.4) is 0 Å². The van der Waals surface area contributed by atoms with Gasteiger partial charge in [-0.3, -0.25) is 4.79 Å². The lowest BCUT2D eigenvalue weighted by atomic mass is 10.1. The van der Waals surface area contributed by atoms with Crippen LogP contribution in [0.15, 0.2) is 29.3 Å². The first kappa shape index (κ1) is 22.3. The second kappa shape index (κ2) is 8.38. The highest BCUT2D eigenvalue weighted by molar-refractivity contribution is 14.0. The average Bonchev–Trinajstić information content (AvgIpc) is 3.18. The first-order valence-electron chi connectivity index (χ1n) is 8.58. The van der Waals surface area contributed by atoms with E-state index in [9.17, 15) is 17.6 Å². The number of carbonyl (C=O) groups is 1. The number of rotatable bonds is 2. The molecule has 4 rings (SSSR count). The van der Waals surface area contributed by atoms with E-state index in [-0.39, 0.29) is 69.6 Å². The van der Waals surface area contributed by atoms with Crippen molar-refractivity contribution in [3.05, 3.63) is 40.9 Å². The van der Waals surface area contributed by atoms with Crippen LogP contribution in [0.25, 0.3) is 0 Å². The number of nitrogens with zero attached hydrogens (tertiary/aromatic N) is 1. The van der Waals surface area contributed by atoms with E-state index < -0.39 is 21.7 Å². The van der Waals surface area contributed by atoms with Crippen molar-refractivity contribution >= 4 is 57.2 Å². The zero-order chi connectivity index (χ0) is 20.1. The summed E-state index contributed by atoms with van der Waals surface area (Å²) < 4.78 is 48.8. The van der Waals surface area contributed by atoms with Crippen molar-refractivity contribution in [2.45, 2.75) is 10.9 Å². The van der Waals surface area contributed by atoms with E-state index in [4.69, 9.17) is 16.3 Å². The Morgan fingerprint density at radius 1 is 1.38 bits per heavy atom. The Kier molecular flexibility index (Phi) is 6.44. The minimum Gasteiger partial charge on any atom is -0.489 e. The fourth-order valence-corrected chi connectivity index (χ4v) is 5.11. The predicted octanol–water partition coefficient (Wildman–Crippen LogP) is 1.95. The van der Waals surface area contributed by atoms with Crippen molar-refractivity contribution in [3.63, 3.8) is 0 Å². The lowest BCUT2D eigenvalue weighted by molar-refractivity contribution is 0.101. The Morgan fingerprint density at radius 3 is 2.86 bits per heavy atom. The molecule has 1 amide bonds. The Bertz CT molecular complexity index is 1060. The van der Waals surface area contributed by atoms with Crippen LogP contribution in [0.5, 0.6) is 5.75 Å². The van der Waals surface area contributed by atoms with Crippen molar-refractivity contribution in [2.24, 2.45) is 13.0 Å². The predicted molar refractivity (Wildman–Crippen MR) is 116 cm³/mol. The van der Waals surface area contributed by atoms with Crippen molar-refractivity contribution in [1.29, 1.82) is 0 Å². The third-order valence-corrected chi connectivity index (χ3v) is 6.65. The van der Waals surface area contributed by atoms with Crippen molar-refractivity contribution in [2.75, 3.05) is 25.0 Å². The molecule has 0 aliphatic carbocycles. The fourth-order valence-electron chi connectivity index (χ4n) is 3.43. The van der Waals surface area contributed by atoms with E-state index in [1.165, 1.54) is 22.9 Å². The normalized spacial score (nSPS) is 22.3. The molecule has 3 N–H and O–H groups in total. The van der Waals surface area contributed by atoms with Crippen LogP contribution in [0.2, 0.25) is 5.02 Å². The second-order valence-corrected chi connectivity index (χ2v) is 8.91. The molecule has 1 saturated heterocycles. The van der Waals surface area contributed by atoms with Gasteiger partial charge in [-0.05, 0) is 18.2 Å².